The summed E-state index contributed by atoms with van der Waals surface area (Å²) in [6.07, 6.45) is 2.29. The number of nitrogens with zero attached hydrogens (tertiary/aromatic N) is 2. The lowest BCUT2D eigenvalue weighted by atomic mass is 10.0. The van der Waals surface area contributed by atoms with E-state index in [2.05, 4.69) is 9.88 Å². The molecule has 102 valence electrons. The van der Waals surface area contributed by atoms with Crippen LogP contribution < -0.4 is 9.64 Å². The Hall–Kier alpha value is -2.36. The number of benzene rings is 1. The lowest BCUT2D eigenvalue weighted by Gasteiger charge is -2.29. The van der Waals surface area contributed by atoms with Crippen molar-refractivity contribution in [3.05, 3.63) is 53.7 Å². The first kappa shape index (κ1) is 12.7. The summed E-state index contributed by atoms with van der Waals surface area (Å²) < 4.78 is 5.16. The van der Waals surface area contributed by atoms with Gasteiger partial charge in [-0.15, -0.1) is 0 Å². The molecule has 1 aromatic heterocycles. The number of rotatable bonds is 3. The number of aromatic nitrogens is 1. The summed E-state index contributed by atoms with van der Waals surface area (Å²) >= 11 is 0. The third-order valence-electron chi connectivity index (χ3n) is 3.53. The highest BCUT2D eigenvalue weighted by Gasteiger charge is 2.23. The Balaban J connectivity index is 1.84. The molecule has 1 aromatic carbocycles. The summed E-state index contributed by atoms with van der Waals surface area (Å²) in [6, 6.07) is 11.6. The average Bonchev–Trinajstić information content (AvgIpc) is 2.51. The van der Waals surface area contributed by atoms with Gasteiger partial charge in [-0.05, 0) is 29.8 Å². The number of pyridine rings is 1. The number of hydrogen-bond donors (Lipinski definition) is 0. The van der Waals surface area contributed by atoms with Crippen molar-refractivity contribution in [2.24, 2.45) is 0 Å². The normalized spacial score (nSPS) is 14.1. The highest BCUT2D eigenvalue weighted by atomic mass is 16.5. The Labute approximate surface area is 118 Å². The van der Waals surface area contributed by atoms with E-state index in [9.17, 15) is 4.79 Å². The molecule has 1 aliphatic heterocycles. The third kappa shape index (κ3) is 2.37. The highest BCUT2D eigenvalue weighted by molar-refractivity contribution is 6.02. The molecule has 0 saturated carbocycles. The second kappa shape index (κ2) is 5.33. The molecule has 0 saturated heterocycles. The predicted molar refractivity (Wildman–Crippen MR) is 77.2 cm³/mol. The highest BCUT2D eigenvalue weighted by Crippen LogP contribution is 2.26. The number of hydrogen-bond acceptors (Lipinski definition) is 4. The molecule has 0 N–H and O–H groups in total. The number of anilines is 1. The Morgan fingerprint density at radius 3 is 2.80 bits per heavy atom. The van der Waals surface area contributed by atoms with E-state index < -0.39 is 0 Å². The molecule has 0 radical (unpaired) electrons. The first-order valence-electron chi connectivity index (χ1n) is 6.64. The molecule has 0 unspecified atom stereocenters. The minimum atomic E-state index is 0.180. The van der Waals surface area contributed by atoms with Gasteiger partial charge in [0.2, 0.25) is 0 Å². The van der Waals surface area contributed by atoms with E-state index in [-0.39, 0.29) is 5.78 Å². The monoisotopic (exact) mass is 268 g/mol. The van der Waals surface area contributed by atoms with Crippen LogP contribution in [0.2, 0.25) is 0 Å². The second-order valence-electron chi connectivity index (χ2n) is 4.82. The fourth-order valence-electron chi connectivity index (χ4n) is 2.45. The SMILES string of the molecule is COc1ccc(CN2CCC(=O)c3cccnc32)cc1. The van der Waals surface area contributed by atoms with Gasteiger partial charge in [0.05, 0.1) is 12.7 Å². The van der Waals surface area contributed by atoms with E-state index in [4.69, 9.17) is 4.74 Å². The molecule has 0 bridgehead atoms. The van der Waals surface area contributed by atoms with Gasteiger partial charge in [-0.1, -0.05) is 12.1 Å². The molecular weight excluding hydrogens is 252 g/mol. The fourth-order valence-corrected chi connectivity index (χ4v) is 2.45. The van der Waals surface area contributed by atoms with Gasteiger partial charge in [0.25, 0.3) is 0 Å². The van der Waals surface area contributed by atoms with Crippen molar-refractivity contribution in [2.75, 3.05) is 18.6 Å². The molecule has 2 heterocycles. The van der Waals surface area contributed by atoms with E-state index in [0.717, 1.165) is 30.2 Å². The van der Waals surface area contributed by atoms with Crippen LogP contribution in [0.15, 0.2) is 42.6 Å². The number of fused-ring (bicyclic) bond motifs is 1. The fraction of sp³-hybridized carbons (Fsp3) is 0.250. The van der Waals surface area contributed by atoms with Crippen molar-refractivity contribution >= 4 is 11.6 Å². The van der Waals surface area contributed by atoms with Crippen LogP contribution in [0, 0.1) is 0 Å². The van der Waals surface area contributed by atoms with Gasteiger partial charge < -0.3 is 9.64 Å². The molecule has 4 heteroatoms. The van der Waals surface area contributed by atoms with Gasteiger partial charge in [0.1, 0.15) is 11.6 Å². The van der Waals surface area contributed by atoms with Gasteiger partial charge in [-0.2, -0.15) is 0 Å². The maximum Gasteiger partial charge on any atom is 0.168 e. The average molecular weight is 268 g/mol. The summed E-state index contributed by atoms with van der Waals surface area (Å²) in [5.41, 5.74) is 1.91. The van der Waals surface area contributed by atoms with Crippen LogP contribution in [0.5, 0.6) is 5.75 Å². The number of ether oxygens (including phenoxy) is 1. The summed E-state index contributed by atoms with van der Waals surface area (Å²) in [5.74, 6) is 1.82. The Morgan fingerprint density at radius 2 is 2.05 bits per heavy atom. The van der Waals surface area contributed by atoms with Crippen molar-refractivity contribution in [1.82, 2.24) is 4.98 Å². The molecule has 0 spiro atoms. The zero-order valence-corrected chi connectivity index (χ0v) is 11.4. The van der Waals surface area contributed by atoms with Crippen LogP contribution in [-0.2, 0) is 6.54 Å². The lowest BCUT2D eigenvalue weighted by molar-refractivity contribution is 0.0979. The number of ketones is 1. The largest absolute Gasteiger partial charge is 0.497 e. The van der Waals surface area contributed by atoms with E-state index in [0.29, 0.717) is 6.42 Å². The minimum absolute atomic E-state index is 0.180. The summed E-state index contributed by atoms with van der Waals surface area (Å²) in [6.45, 7) is 1.47. The number of carbonyl (C=O) groups excluding carboxylic acids is 1. The third-order valence-corrected chi connectivity index (χ3v) is 3.53. The molecular formula is C16H16N2O2. The van der Waals surface area contributed by atoms with Gasteiger partial charge in [-0.25, -0.2) is 4.98 Å². The van der Waals surface area contributed by atoms with Crippen LogP contribution in [0.1, 0.15) is 22.3 Å². The Morgan fingerprint density at radius 1 is 1.25 bits per heavy atom. The summed E-state index contributed by atoms with van der Waals surface area (Å²) in [7, 11) is 1.66. The molecule has 3 rings (SSSR count). The standard InChI is InChI=1S/C16H16N2O2/c1-20-13-6-4-12(5-7-13)11-18-10-8-15(19)14-3-2-9-17-16(14)18/h2-7,9H,8,10-11H2,1H3. The topological polar surface area (TPSA) is 42.4 Å². The Bertz CT molecular complexity index is 623. The molecule has 0 aliphatic carbocycles. The molecule has 0 atom stereocenters. The maximum atomic E-state index is 11.9. The number of carbonyl (C=O) groups is 1. The van der Waals surface area contributed by atoms with Crippen molar-refractivity contribution in [1.29, 1.82) is 0 Å². The van der Waals surface area contributed by atoms with Gasteiger partial charge in [-0.3, -0.25) is 4.79 Å². The smallest absolute Gasteiger partial charge is 0.168 e. The predicted octanol–water partition coefficient (Wildman–Crippen LogP) is 2.68. The quantitative estimate of drug-likeness (QED) is 0.858. The van der Waals surface area contributed by atoms with Crippen LogP contribution >= 0.6 is 0 Å². The summed E-state index contributed by atoms with van der Waals surface area (Å²) in [5, 5.41) is 0. The molecule has 4 nitrogen and oxygen atoms in total. The van der Waals surface area contributed by atoms with Crippen molar-refractivity contribution in [3.63, 3.8) is 0 Å². The van der Waals surface area contributed by atoms with E-state index in [1.54, 1.807) is 13.3 Å². The van der Waals surface area contributed by atoms with Crippen LogP contribution in [-0.4, -0.2) is 24.4 Å². The number of Topliss-reactive ketones (excluding diaryl/α,β-unsaturated/α-hetero) is 1. The minimum Gasteiger partial charge on any atom is -0.497 e. The zero-order valence-electron chi connectivity index (χ0n) is 11.4. The zero-order chi connectivity index (χ0) is 13.9. The first-order chi connectivity index (χ1) is 9.78. The Kier molecular flexibility index (Phi) is 3.37. The summed E-state index contributed by atoms with van der Waals surface area (Å²) in [4.78, 5) is 18.4. The van der Waals surface area contributed by atoms with Crippen molar-refractivity contribution in [2.45, 2.75) is 13.0 Å². The molecule has 0 fully saturated rings. The van der Waals surface area contributed by atoms with Crippen LogP contribution in [0.3, 0.4) is 0 Å². The number of methoxy groups -OCH3 is 1. The lowest BCUT2D eigenvalue weighted by Crippen LogP contribution is -2.32. The van der Waals surface area contributed by atoms with Gasteiger partial charge >= 0.3 is 0 Å². The van der Waals surface area contributed by atoms with E-state index in [1.807, 2.05) is 36.4 Å². The van der Waals surface area contributed by atoms with Gasteiger partial charge in [0, 0.05) is 25.7 Å². The first-order valence-corrected chi connectivity index (χ1v) is 6.64. The van der Waals surface area contributed by atoms with Gasteiger partial charge in [0.15, 0.2) is 5.78 Å². The van der Waals surface area contributed by atoms with Crippen molar-refractivity contribution in [3.8, 4) is 5.75 Å². The molecule has 2 aromatic rings. The van der Waals surface area contributed by atoms with Crippen LogP contribution in [0.25, 0.3) is 0 Å². The maximum absolute atomic E-state index is 11.9. The molecule has 0 amide bonds. The second-order valence-corrected chi connectivity index (χ2v) is 4.82. The van der Waals surface area contributed by atoms with Crippen molar-refractivity contribution < 1.29 is 9.53 Å². The molecule has 1 aliphatic rings. The van der Waals surface area contributed by atoms with Crippen LogP contribution in [0.4, 0.5) is 5.82 Å². The van der Waals surface area contributed by atoms with E-state index in [1.165, 1.54) is 5.56 Å². The van der Waals surface area contributed by atoms with E-state index >= 15 is 0 Å². The molecule has 20 heavy (non-hydrogen) atoms.